The molecule has 0 spiro atoms. The Balaban J connectivity index is 1.64. The van der Waals surface area contributed by atoms with E-state index in [4.69, 9.17) is 9.47 Å². The van der Waals surface area contributed by atoms with Gasteiger partial charge in [-0.2, -0.15) is 13.2 Å². The molecule has 0 unspecified atom stereocenters. The Labute approximate surface area is 301 Å². The molecule has 0 amide bonds. The minimum absolute atomic E-state index is 0.0791. The average Bonchev–Trinajstić information content (AvgIpc) is 3.19. The lowest BCUT2D eigenvalue weighted by Gasteiger charge is -2.43. The Morgan fingerprint density at radius 2 is 1.02 bits per heavy atom. The van der Waals surface area contributed by atoms with Crippen molar-refractivity contribution in [2.45, 2.75) is 30.5 Å². The molecule has 0 aliphatic carbocycles. The van der Waals surface area contributed by atoms with Gasteiger partial charge in [-0.3, -0.25) is 4.57 Å². The van der Waals surface area contributed by atoms with Crippen LogP contribution in [0.3, 0.4) is 0 Å². The van der Waals surface area contributed by atoms with Gasteiger partial charge in [0.2, 0.25) is 7.29 Å². The van der Waals surface area contributed by atoms with E-state index in [1.165, 1.54) is 24.3 Å². The van der Waals surface area contributed by atoms with Gasteiger partial charge in [-0.1, -0.05) is 158 Å². The summed E-state index contributed by atoms with van der Waals surface area (Å²) in [6.45, 7) is 0.0791. The number of hydrogen-bond acceptors (Lipinski definition) is 4. The van der Waals surface area contributed by atoms with Crippen molar-refractivity contribution in [2.24, 2.45) is 0 Å². The fourth-order valence-corrected chi connectivity index (χ4v) is 9.56. The molecule has 0 N–H and O–H groups in total. The van der Waals surface area contributed by atoms with E-state index >= 15 is 17.7 Å². The lowest BCUT2D eigenvalue weighted by atomic mass is 9.91. The van der Waals surface area contributed by atoms with Crippen LogP contribution < -0.4 is 10.6 Å². The summed E-state index contributed by atoms with van der Waals surface area (Å²) >= 11 is 0. The number of ether oxygens (including phenoxy) is 2. The summed E-state index contributed by atoms with van der Waals surface area (Å²) in [7, 11) is -3.05. The van der Waals surface area contributed by atoms with Crippen LogP contribution in [0.5, 0.6) is 0 Å². The fourth-order valence-electron chi connectivity index (χ4n) is 6.55. The van der Waals surface area contributed by atoms with Gasteiger partial charge in [0.25, 0.3) is 5.60 Å². The monoisotopic (exact) mass is 719 g/mol. The molecule has 3 atom stereocenters. The highest BCUT2D eigenvalue weighted by Gasteiger charge is 2.64. The summed E-state index contributed by atoms with van der Waals surface area (Å²) in [6.07, 6.45) is -6.63. The minimum Gasteiger partial charge on any atom is -0.453 e. The lowest BCUT2D eigenvalue weighted by Crippen LogP contribution is -2.52. The molecule has 0 saturated carbocycles. The molecule has 0 bridgehead atoms. The topological polar surface area (TPSA) is 55.8 Å². The first kappa shape index (κ1) is 36.5. The van der Waals surface area contributed by atoms with Crippen molar-refractivity contribution < 1.29 is 32.0 Å². The van der Waals surface area contributed by atoms with Crippen LogP contribution >= 0.6 is 7.29 Å². The lowest BCUT2D eigenvalue weighted by molar-refractivity contribution is -0.279. The summed E-state index contributed by atoms with van der Waals surface area (Å²) in [6, 6.07) is 50.6. The largest absolute Gasteiger partial charge is 0.453 e. The van der Waals surface area contributed by atoms with Gasteiger partial charge in [0.05, 0.1) is 6.04 Å². The zero-order chi connectivity index (χ0) is 36.6. The highest BCUT2D eigenvalue weighted by atomic mass is 31.2. The van der Waals surface area contributed by atoms with Crippen LogP contribution in [0.1, 0.15) is 34.4 Å². The second kappa shape index (κ2) is 16.0. The van der Waals surface area contributed by atoms with Gasteiger partial charge in [0.15, 0.2) is 0 Å². The number of nitrogens with zero attached hydrogens (tertiary/aromatic N) is 1. The van der Waals surface area contributed by atoms with Crippen LogP contribution in [0, 0.1) is 0 Å². The highest BCUT2D eigenvalue weighted by Crippen LogP contribution is 2.57. The Morgan fingerprint density at radius 1 is 0.615 bits per heavy atom. The van der Waals surface area contributed by atoms with Gasteiger partial charge in [-0.15, -0.1) is 0 Å². The molecule has 0 fully saturated rings. The molecule has 264 valence electrons. The standard InChI is InChI=1S/C43H37F3NO4P/c1-50-42(43(44,45)46,36-26-14-5-15-27-36)41(48)51-40(35-24-12-4-13-25-35)39(34-22-10-3-11-23-34)47(32-33-20-8-2-9-21-33)52(49,37-28-16-6-17-29-37)38-30-18-7-19-31-38/h2-31,39-40H,32H2,1H3/t39-,40+,42-/m1/s1. The molecule has 6 rings (SSSR count). The number of benzene rings is 6. The molecule has 5 nitrogen and oxygen atoms in total. The van der Waals surface area contributed by atoms with Gasteiger partial charge in [0.1, 0.15) is 6.10 Å². The van der Waals surface area contributed by atoms with E-state index < -0.39 is 42.7 Å². The van der Waals surface area contributed by atoms with Crippen molar-refractivity contribution in [3.63, 3.8) is 0 Å². The van der Waals surface area contributed by atoms with Crippen molar-refractivity contribution in [3.8, 4) is 0 Å². The molecule has 6 aromatic carbocycles. The molecule has 0 heterocycles. The van der Waals surface area contributed by atoms with Gasteiger partial charge in [0, 0.05) is 29.8 Å². The first-order chi connectivity index (χ1) is 25.2. The van der Waals surface area contributed by atoms with E-state index in [-0.39, 0.29) is 6.54 Å². The van der Waals surface area contributed by atoms with E-state index in [1.807, 2.05) is 48.5 Å². The number of hydrogen-bond donors (Lipinski definition) is 0. The van der Waals surface area contributed by atoms with Gasteiger partial charge in [-0.25, -0.2) is 9.46 Å². The SMILES string of the molecule is CO[C@@](C(=O)O[C@@H](c1ccccc1)[C@@H](c1ccccc1)N(Cc1ccccc1)P(=O)(c1ccccc1)c1ccccc1)(c1ccccc1)C(F)(F)F. The second-order valence-corrected chi connectivity index (χ2v) is 14.9. The van der Waals surface area contributed by atoms with Gasteiger partial charge < -0.3 is 9.47 Å². The number of rotatable bonds is 13. The van der Waals surface area contributed by atoms with E-state index in [0.29, 0.717) is 21.7 Å². The maximum atomic E-state index is 16.4. The molecular formula is C43H37F3NO4P. The van der Waals surface area contributed by atoms with E-state index in [0.717, 1.165) is 12.7 Å². The molecule has 0 radical (unpaired) electrons. The van der Waals surface area contributed by atoms with E-state index in [1.54, 1.807) is 114 Å². The van der Waals surface area contributed by atoms with Crippen molar-refractivity contribution >= 4 is 23.9 Å². The summed E-state index contributed by atoms with van der Waals surface area (Å²) < 4.78 is 75.4. The molecular weight excluding hydrogens is 682 g/mol. The van der Waals surface area contributed by atoms with E-state index in [2.05, 4.69) is 0 Å². The van der Waals surface area contributed by atoms with Crippen LogP contribution in [0.2, 0.25) is 0 Å². The Kier molecular flexibility index (Phi) is 11.2. The Bertz CT molecular complexity index is 2030. The quantitative estimate of drug-likeness (QED) is 0.0880. The Hall–Kier alpha value is -5.27. The maximum Gasteiger partial charge on any atom is 0.432 e. The summed E-state index contributed by atoms with van der Waals surface area (Å²) in [5.74, 6) is -1.66. The van der Waals surface area contributed by atoms with Crippen molar-refractivity contribution in [1.82, 2.24) is 4.67 Å². The molecule has 0 aromatic heterocycles. The van der Waals surface area contributed by atoms with Crippen LogP contribution in [-0.4, -0.2) is 23.9 Å². The molecule has 0 aliphatic heterocycles. The molecule has 6 aromatic rings. The van der Waals surface area contributed by atoms with Crippen molar-refractivity contribution in [2.75, 3.05) is 7.11 Å². The molecule has 0 saturated heterocycles. The summed E-state index contributed by atoms with van der Waals surface area (Å²) in [4.78, 5) is 14.5. The minimum atomic E-state index is -5.21. The molecule has 0 aliphatic rings. The maximum absolute atomic E-state index is 16.4. The van der Waals surface area contributed by atoms with E-state index in [9.17, 15) is 4.79 Å². The number of halogens is 3. The number of carbonyl (C=O) groups is 1. The third-order valence-electron chi connectivity index (χ3n) is 9.05. The Morgan fingerprint density at radius 3 is 1.46 bits per heavy atom. The number of esters is 1. The zero-order valence-corrected chi connectivity index (χ0v) is 29.2. The van der Waals surface area contributed by atoms with Crippen molar-refractivity contribution in [3.05, 3.63) is 204 Å². The smallest absolute Gasteiger partial charge is 0.432 e. The van der Waals surface area contributed by atoms with Crippen LogP contribution in [0.4, 0.5) is 13.2 Å². The highest BCUT2D eigenvalue weighted by molar-refractivity contribution is 7.76. The first-order valence-corrected chi connectivity index (χ1v) is 18.4. The van der Waals surface area contributed by atoms with Crippen LogP contribution in [-0.2, 0) is 31.0 Å². The average molecular weight is 720 g/mol. The predicted molar refractivity (Wildman–Crippen MR) is 197 cm³/mol. The predicted octanol–water partition coefficient (Wildman–Crippen LogP) is 9.55. The normalized spacial score (nSPS) is 14.2. The number of methoxy groups -OCH3 is 1. The van der Waals surface area contributed by atoms with Crippen LogP contribution in [0.15, 0.2) is 182 Å². The number of alkyl halides is 3. The first-order valence-electron chi connectivity index (χ1n) is 16.7. The second-order valence-electron chi connectivity index (χ2n) is 12.2. The van der Waals surface area contributed by atoms with Gasteiger partial charge in [-0.05, 0) is 41.0 Å². The third-order valence-corrected chi connectivity index (χ3v) is 12.2. The third kappa shape index (κ3) is 7.24. The fraction of sp³-hybridized carbons (Fsp3) is 0.140. The summed E-state index contributed by atoms with van der Waals surface area (Å²) in [5, 5.41) is 1.00. The number of carbonyl (C=O) groups excluding carboxylic acids is 1. The van der Waals surface area contributed by atoms with Crippen molar-refractivity contribution in [1.29, 1.82) is 0 Å². The molecule has 52 heavy (non-hydrogen) atoms. The summed E-state index contributed by atoms with van der Waals surface area (Å²) in [5.41, 5.74) is -2.13. The zero-order valence-electron chi connectivity index (χ0n) is 28.3. The molecule has 9 heteroatoms. The van der Waals surface area contributed by atoms with Crippen LogP contribution in [0.25, 0.3) is 0 Å². The van der Waals surface area contributed by atoms with Gasteiger partial charge >= 0.3 is 12.1 Å².